The number of hydrogen-bond acceptors (Lipinski definition) is 3. The van der Waals surface area contributed by atoms with Gasteiger partial charge in [0.1, 0.15) is 5.82 Å². The van der Waals surface area contributed by atoms with Gasteiger partial charge in [0.05, 0.1) is 16.4 Å². The lowest BCUT2D eigenvalue weighted by molar-refractivity contribution is 0.0689. The number of rotatable bonds is 2. The summed E-state index contributed by atoms with van der Waals surface area (Å²) in [5, 5.41) is 16.0. The van der Waals surface area contributed by atoms with Crippen LogP contribution in [0.2, 0.25) is 5.02 Å². The number of nitrogens with zero attached hydrogens (tertiary/aromatic N) is 3. The van der Waals surface area contributed by atoms with E-state index in [0.717, 1.165) is 0 Å². The Labute approximate surface area is 100 Å². The van der Waals surface area contributed by atoms with Crippen LogP contribution < -0.4 is 0 Å². The Morgan fingerprint density at radius 3 is 2.76 bits per heavy atom. The molecule has 17 heavy (non-hydrogen) atoms. The van der Waals surface area contributed by atoms with E-state index in [1.54, 1.807) is 6.92 Å². The van der Waals surface area contributed by atoms with Gasteiger partial charge in [0.25, 0.3) is 0 Å². The van der Waals surface area contributed by atoms with E-state index < -0.39 is 11.8 Å². The third-order valence-electron chi connectivity index (χ3n) is 2.24. The van der Waals surface area contributed by atoms with Crippen LogP contribution >= 0.6 is 11.6 Å². The van der Waals surface area contributed by atoms with Gasteiger partial charge in [0.15, 0.2) is 5.69 Å². The van der Waals surface area contributed by atoms with E-state index in [0.29, 0.717) is 11.4 Å². The van der Waals surface area contributed by atoms with Gasteiger partial charge in [-0.2, -0.15) is 0 Å². The van der Waals surface area contributed by atoms with E-state index in [4.69, 9.17) is 16.7 Å². The Morgan fingerprint density at radius 1 is 1.53 bits per heavy atom. The van der Waals surface area contributed by atoms with Crippen LogP contribution in [0.3, 0.4) is 0 Å². The van der Waals surface area contributed by atoms with Gasteiger partial charge in [-0.15, -0.1) is 5.10 Å². The molecule has 1 aromatic heterocycles. The molecule has 0 aliphatic rings. The molecule has 0 aliphatic heterocycles. The first-order valence-electron chi connectivity index (χ1n) is 4.61. The molecule has 2 aromatic rings. The molecule has 0 aliphatic carbocycles. The highest BCUT2D eigenvalue weighted by molar-refractivity contribution is 6.30. The minimum absolute atomic E-state index is 0.0609. The van der Waals surface area contributed by atoms with Crippen LogP contribution in [-0.2, 0) is 0 Å². The van der Waals surface area contributed by atoms with Crippen molar-refractivity contribution in [2.45, 2.75) is 6.92 Å². The summed E-state index contributed by atoms with van der Waals surface area (Å²) in [6.07, 6.45) is 0. The van der Waals surface area contributed by atoms with Crippen molar-refractivity contribution in [3.05, 3.63) is 40.4 Å². The van der Waals surface area contributed by atoms with Crippen molar-refractivity contribution >= 4 is 17.6 Å². The van der Waals surface area contributed by atoms with Gasteiger partial charge >= 0.3 is 5.97 Å². The lowest BCUT2D eigenvalue weighted by Gasteiger charge is -2.03. The van der Waals surface area contributed by atoms with Crippen molar-refractivity contribution in [2.24, 2.45) is 0 Å². The average Bonchev–Trinajstić information content (AvgIpc) is 2.64. The number of halogens is 2. The summed E-state index contributed by atoms with van der Waals surface area (Å²) in [5.41, 5.74) is 0.652. The molecule has 0 fully saturated rings. The van der Waals surface area contributed by atoms with Crippen LogP contribution in [0.5, 0.6) is 0 Å². The summed E-state index contributed by atoms with van der Waals surface area (Å²) in [5.74, 6) is -1.71. The van der Waals surface area contributed by atoms with Gasteiger partial charge in [0.2, 0.25) is 0 Å². The molecule has 2 rings (SSSR count). The van der Waals surface area contributed by atoms with Crippen LogP contribution in [0.25, 0.3) is 5.69 Å². The molecule has 0 atom stereocenters. The number of carboxylic acid groups (broad SMARTS) is 1. The van der Waals surface area contributed by atoms with Crippen molar-refractivity contribution in [2.75, 3.05) is 0 Å². The zero-order chi connectivity index (χ0) is 12.6. The Bertz CT molecular complexity index is 597. The minimum Gasteiger partial charge on any atom is -0.476 e. The smallest absolute Gasteiger partial charge is 0.358 e. The van der Waals surface area contributed by atoms with Crippen molar-refractivity contribution in [1.29, 1.82) is 0 Å². The SMILES string of the molecule is Cc1c(C(=O)O)nnn1-c1ccc(F)c(Cl)c1. The highest BCUT2D eigenvalue weighted by Gasteiger charge is 2.16. The van der Waals surface area contributed by atoms with Crippen LogP contribution in [0.15, 0.2) is 18.2 Å². The Morgan fingerprint density at radius 2 is 2.24 bits per heavy atom. The van der Waals surface area contributed by atoms with E-state index in [-0.39, 0.29) is 10.7 Å². The highest BCUT2D eigenvalue weighted by Crippen LogP contribution is 2.19. The zero-order valence-corrected chi connectivity index (χ0v) is 9.44. The monoisotopic (exact) mass is 255 g/mol. The molecule has 0 radical (unpaired) electrons. The zero-order valence-electron chi connectivity index (χ0n) is 8.69. The van der Waals surface area contributed by atoms with E-state index >= 15 is 0 Å². The number of hydrogen-bond donors (Lipinski definition) is 1. The third-order valence-corrected chi connectivity index (χ3v) is 2.53. The van der Waals surface area contributed by atoms with Gasteiger partial charge in [-0.1, -0.05) is 16.8 Å². The second-order valence-electron chi connectivity index (χ2n) is 3.34. The van der Waals surface area contributed by atoms with Crippen LogP contribution in [0.4, 0.5) is 4.39 Å². The first-order valence-corrected chi connectivity index (χ1v) is 4.99. The minimum atomic E-state index is -1.16. The fourth-order valence-corrected chi connectivity index (χ4v) is 1.56. The highest BCUT2D eigenvalue weighted by atomic mass is 35.5. The lowest BCUT2D eigenvalue weighted by atomic mass is 10.3. The number of aromatic carboxylic acids is 1. The van der Waals surface area contributed by atoms with E-state index in [1.165, 1.54) is 22.9 Å². The second-order valence-corrected chi connectivity index (χ2v) is 3.75. The molecule has 1 aromatic carbocycles. The van der Waals surface area contributed by atoms with Crippen molar-refractivity contribution < 1.29 is 14.3 Å². The quantitative estimate of drug-likeness (QED) is 0.892. The largest absolute Gasteiger partial charge is 0.476 e. The molecule has 0 spiro atoms. The van der Waals surface area contributed by atoms with Gasteiger partial charge in [0, 0.05) is 0 Å². The summed E-state index contributed by atoms with van der Waals surface area (Å²) in [7, 11) is 0. The molecule has 5 nitrogen and oxygen atoms in total. The average molecular weight is 256 g/mol. The predicted molar refractivity (Wildman–Crippen MR) is 58.0 cm³/mol. The molecule has 7 heteroatoms. The van der Waals surface area contributed by atoms with Crippen LogP contribution in [0.1, 0.15) is 16.2 Å². The van der Waals surface area contributed by atoms with Crippen LogP contribution in [0, 0.1) is 12.7 Å². The summed E-state index contributed by atoms with van der Waals surface area (Å²) < 4.78 is 14.3. The van der Waals surface area contributed by atoms with E-state index in [1.807, 2.05) is 0 Å². The van der Waals surface area contributed by atoms with Gasteiger partial charge in [-0.25, -0.2) is 13.9 Å². The topological polar surface area (TPSA) is 68.0 Å². The maximum atomic E-state index is 13.0. The fourth-order valence-electron chi connectivity index (χ4n) is 1.39. The normalized spacial score (nSPS) is 10.5. The molecule has 88 valence electrons. The van der Waals surface area contributed by atoms with E-state index in [9.17, 15) is 9.18 Å². The maximum Gasteiger partial charge on any atom is 0.358 e. The van der Waals surface area contributed by atoms with Gasteiger partial charge < -0.3 is 5.11 Å². The molecule has 0 amide bonds. The summed E-state index contributed by atoms with van der Waals surface area (Å²) in [4.78, 5) is 10.8. The van der Waals surface area contributed by atoms with E-state index in [2.05, 4.69) is 10.3 Å². The summed E-state index contributed by atoms with van der Waals surface area (Å²) in [6, 6.07) is 3.97. The molecule has 0 unspecified atom stereocenters. The molecule has 0 bridgehead atoms. The predicted octanol–water partition coefficient (Wildman–Crippen LogP) is 2.07. The number of benzene rings is 1. The van der Waals surface area contributed by atoms with Gasteiger partial charge in [-0.05, 0) is 25.1 Å². The number of carbonyl (C=O) groups is 1. The Kier molecular flexibility index (Phi) is 2.81. The van der Waals surface area contributed by atoms with Crippen molar-refractivity contribution in [3.63, 3.8) is 0 Å². The van der Waals surface area contributed by atoms with Crippen LogP contribution in [-0.4, -0.2) is 26.1 Å². The summed E-state index contributed by atoms with van der Waals surface area (Å²) in [6.45, 7) is 1.56. The second kappa shape index (κ2) is 4.14. The lowest BCUT2D eigenvalue weighted by Crippen LogP contribution is -2.02. The first kappa shape index (κ1) is 11.5. The Balaban J connectivity index is 2.53. The third kappa shape index (κ3) is 1.99. The van der Waals surface area contributed by atoms with Gasteiger partial charge in [-0.3, -0.25) is 0 Å². The molecular formula is C10H7ClFN3O2. The van der Waals surface area contributed by atoms with Crippen molar-refractivity contribution in [3.8, 4) is 5.69 Å². The fraction of sp³-hybridized carbons (Fsp3) is 0.100. The molecule has 1 heterocycles. The summed E-state index contributed by atoms with van der Waals surface area (Å²) >= 11 is 5.63. The molecule has 0 saturated heterocycles. The molecule has 0 saturated carbocycles. The molecule has 1 N–H and O–H groups in total. The standard InChI is InChI=1S/C10H7ClFN3O2/c1-5-9(10(16)17)13-14-15(5)6-2-3-8(12)7(11)4-6/h2-4H,1H3,(H,16,17). The van der Waals surface area contributed by atoms with Crippen molar-refractivity contribution in [1.82, 2.24) is 15.0 Å². The Hall–Kier alpha value is -1.95. The number of aromatic nitrogens is 3. The molecular weight excluding hydrogens is 249 g/mol. The maximum absolute atomic E-state index is 13.0. The first-order chi connectivity index (χ1) is 8.00. The number of carboxylic acids is 1.